The molecule has 1 aliphatic rings. The molecule has 0 aliphatic heterocycles. The van der Waals surface area contributed by atoms with Crippen molar-refractivity contribution < 1.29 is 17.9 Å². The molecule has 2 aromatic rings. The van der Waals surface area contributed by atoms with Crippen molar-refractivity contribution in [3.05, 3.63) is 35.3 Å². The fourth-order valence-corrected chi connectivity index (χ4v) is 4.48. The maximum atomic E-state index is 12.1. The summed E-state index contributed by atoms with van der Waals surface area (Å²) in [6.45, 7) is 2.71. The minimum atomic E-state index is -3.59. The Labute approximate surface area is 151 Å². The van der Waals surface area contributed by atoms with Crippen LogP contribution in [0, 0.1) is 5.92 Å². The molecule has 0 bridgehead atoms. The molecule has 1 aromatic heterocycles. The van der Waals surface area contributed by atoms with E-state index in [0.29, 0.717) is 11.6 Å². The highest BCUT2D eigenvalue weighted by Gasteiger charge is 2.29. The first-order valence-electron chi connectivity index (χ1n) is 8.20. The van der Waals surface area contributed by atoms with Gasteiger partial charge in [-0.3, -0.25) is 4.79 Å². The van der Waals surface area contributed by atoms with Gasteiger partial charge in [-0.05, 0) is 49.4 Å². The first kappa shape index (κ1) is 17.9. The number of benzene rings is 1. The third-order valence-electron chi connectivity index (χ3n) is 3.71. The molecule has 1 amide bonds. The zero-order valence-electron chi connectivity index (χ0n) is 13.9. The van der Waals surface area contributed by atoms with E-state index in [4.69, 9.17) is 4.74 Å². The summed E-state index contributed by atoms with van der Waals surface area (Å²) in [6, 6.07) is 7.45. The van der Waals surface area contributed by atoms with Crippen LogP contribution in [0.2, 0.25) is 0 Å². The van der Waals surface area contributed by atoms with Crippen LogP contribution in [0.1, 0.15) is 36.7 Å². The van der Waals surface area contributed by atoms with E-state index < -0.39 is 15.9 Å². The lowest BCUT2D eigenvalue weighted by molar-refractivity contribution is 0.0977. The number of hydrogen-bond donors (Lipinski definition) is 1. The second-order valence-electron chi connectivity index (χ2n) is 6.07. The van der Waals surface area contributed by atoms with Crippen molar-refractivity contribution in [1.82, 2.24) is 9.71 Å². The zero-order valence-corrected chi connectivity index (χ0v) is 15.5. The largest absolute Gasteiger partial charge is 0.494 e. The van der Waals surface area contributed by atoms with Crippen LogP contribution in [0.4, 0.5) is 0 Å². The van der Waals surface area contributed by atoms with E-state index in [1.54, 1.807) is 5.38 Å². The minimum Gasteiger partial charge on any atom is -0.494 e. The summed E-state index contributed by atoms with van der Waals surface area (Å²) in [6.07, 6.45) is 2.76. The fraction of sp³-hybridized carbons (Fsp3) is 0.412. The van der Waals surface area contributed by atoms with Gasteiger partial charge in [-0.25, -0.2) is 18.1 Å². The highest BCUT2D eigenvalue weighted by molar-refractivity contribution is 7.90. The molecule has 0 atom stereocenters. The van der Waals surface area contributed by atoms with Crippen molar-refractivity contribution in [2.75, 3.05) is 12.4 Å². The predicted octanol–water partition coefficient (Wildman–Crippen LogP) is 3.07. The van der Waals surface area contributed by atoms with Gasteiger partial charge in [0.2, 0.25) is 10.0 Å². The van der Waals surface area contributed by atoms with Gasteiger partial charge in [0.15, 0.2) is 0 Å². The average Bonchev–Trinajstić information content (AvgIpc) is 3.23. The number of ether oxygens (including phenoxy) is 1. The van der Waals surface area contributed by atoms with Gasteiger partial charge < -0.3 is 4.74 Å². The standard InChI is InChI=1S/C17H20N2O4S2/c1-2-9-23-14-7-5-13(6-8-14)17-18-15(10-24-17)16(20)19-25(21,22)11-12-3-4-12/h5-8,10,12H,2-4,9,11H2,1H3,(H,19,20). The molecule has 134 valence electrons. The van der Waals surface area contributed by atoms with Crippen LogP contribution in [-0.2, 0) is 10.0 Å². The maximum Gasteiger partial charge on any atom is 0.284 e. The van der Waals surface area contributed by atoms with Crippen LogP contribution < -0.4 is 9.46 Å². The normalized spacial score (nSPS) is 14.3. The lowest BCUT2D eigenvalue weighted by Crippen LogP contribution is -2.33. The lowest BCUT2D eigenvalue weighted by Gasteiger charge is -2.05. The molecule has 0 spiro atoms. The van der Waals surface area contributed by atoms with Crippen LogP contribution >= 0.6 is 11.3 Å². The average molecular weight is 380 g/mol. The molecule has 8 heteroatoms. The fourth-order valence-electron chi connectivity index (χ4n) is 2.25. The van der Waals surface area contributed by atoms with Gasteiger partial charge >= 0.3 is 0 Å². The van der Waals surface area contributed by atoms with E-state index in [1.807, 2.05) is 31.2 Å². The number of aromatic nitrogens is 1. The van der Waals surface area contributed by atoms with Gasteiger partial charge in [-0.1, -0.05) is 6.92 Å². The Bertz CT molecular complexity index is 840. The van der Waals surface area contributed by atoms with Crippen molar-refractivity contribution in [2.45, 2.75) is 26.2 Å². The third kappa shape index (κ3) is 5.02. The molecule has 0 saturated heterocycles. The van der Waals surface area contributed by atoms with E-state index in [9.17, 15) is 13.2 Å². The number of nitrogens with zero attached hydrogens (tertiary/aromatic N) is 1. The van der Waals surface area contributed by atoms with Crippen LogP contribution in [0.25, 0.3) is 10.6 Å². The smallest absolute Gasteiger partial charge is 0.284 e. The molecular formula is C17H20N2O4S2. The van der Waals surface area contributed by atoms with Crippen LogP contribution in [0.5, 0.6) is 5.75 Å². The van der Waals surface area contributed by atoms with Gasteiger partial charge in [0.05, 0.1) is 12.4 Å². The first-order chi connectivity index (χ1) is 12.0. The maximum absolute atomic E-state index is 12.1. The Hall–Kier alpha value is -1.93. The van der Waals surface area contributed by atoms with Crippen molar-refractivity contribution in [1.29, 1.82) is 0 Å². The number of hydrogen-bond acceptors (Lipinski definition) is 6. The Morgan fingerprint density at radius 2 is 2.04 bits per heavy atom. The molecular weight excluding hydrogens is 360 g/mol. The zero-order chi connectivity index (χ0) is 17.9. The number of nitrogens with one attached hydrogen (secondary N) is 1. The highest BCUT2D eigenvalue weighted by Crippen LogP contribution is 2.30. The Morgan fingerprint density at radius 1 is 1.32 bits per heavy atom. The van der Waals surface area contributed by atoms with Gasteiger partial charge in [-0.15, -0.1) is 11.3 Å². The SMILES string of the molecule is CCCOc1ccc(-c2nc(C(=O)NS(=O)(=O)CC3CC3)cs2)cc1. The highest BCUT2D eigenvalue weighted by atomic mass is 32.2. The summed E-state index contributed by atoms with van der Waals surface area (Å²) in [5.74, 6) is 0.302. The summed E-state index contributed by atoms with van der Waals surface area (Å²) in [5, 5.41) is 2.23. The molecule has 1 aromatic carbocycles. The summed E-state index contributed by atoms with van der Waals surface area (Å²) < 4.78 is 31.4. The summed E-state index contributed by atoms with van der Waals surface area (Å²) in [5.41, 5.74) is 0.972. The topological polar surface area (TPSA) is 85.4 Å². The van der Waals surface area contributed by atoms with Gasteiger partial charge in [-0.2, -0.15) is 0 Å². The number of amides is 1. The third-order valence-corrected chi connectivity index (χ3v) is 6.01. The van der Waals surface area contributed by atoms with Crippen LogP contribution in [-0.4, -0.2) is 31.7 Å². The molecule has 25 heavy (non-hydrogen) atoms. The number of carbonyl (C=O) groups excluding carboxylic acids is 1. The molecule has 6 nitrogen and oxygen atoms in total. The van der Waals surface area contributed by atoms with Gasteiger partial charge in [0.1, 0.15) is 16.5 Å². The van der Waals surface area contributed by atoms with E-state index in [2.05, 4.69) is 9.71 Å². The van der Waals surface area contributed by atoms with Crippen LogP contribution in [0.15, 0.2) is 29.6 Å². The Morgan fingerprint density at radius 3 is 2.68 bits per heavy atom. The summed E-state index contributed by atoms with van der Waals surface area (Å²) in [7, 11) is -3.59. The minimum absolute atomic E-state index is 0.00889. The molecule has 3 rings (SSSR count). The number of sulfonamides is 1. The van der Waals surface area contributed by atoms with Gasteiger partial charge in [0, 0.05) is 10.9 Å². The number of thiazole rings is 1. The quantitative estimate of drug-likeness (QED) is 0.761. The van der Waals surface area contributed by atoms with Crippen molar-refractivity contribution >= 4 is 27.3 Å². The van der Waals surface area contributed by atoms with Crippen molar-refractivity contribution in [3.8, 4) is 16.3 Å². The Kier molecular flexibility index (Phi) is 5.39. The van der Waals surface area contributed by atoms with E-state index in [-0.39, 0.29) is 17.4 Å². The van der Waals surface area contributed by atoms with E-state index in [1.165, 1.54) is 11.3 Å². The number of rotatable bonds is 8. The second kappa shape index (κ2) is 7.53. The van der Waals surface area contributed by atoms with Gasteiger partial charge in [0.25, 0.3) is 5.91 Å². The predicted molar refractivity (Wildman–Crippen MR) is 97.3 cm³/mol. The molecule has 1 N–H and O–H groups in total. The molecule has 1 fully saturated rings. The molecule has 1 aliphatic carbocycles. The molecule has 0 unspecified atom stereocenters. The Balaban J connectivity index is 1.65. The monoisotopic (exact) mass is 380 g/mol. The van der Waals surface area contributed by atoms with E-state index in [0.717, 1.165) is 30.6 Å². The first-order valence-corrected chi connectivity index (χ1v) is 10.7. The summed E-state index contributed by atoms with van der Waals surface area (Å²) >= 11 is 1.30. The second-order valence-corrected chi connectivity index (χ2v) is 8.69. The van der Waals surface area contributed by atoms with Crippen molar-refractivity contribution in [2.24, 2.45) is 5.92 Å². The number of carbonyl (C=O) groups is 1. The van der Waals surface area contributed by atoms with E-state index >= 15 is 0 Å². The molecule has 1 heterocycles. The molecule has 1 saturated carbocycles. The summed E-state index contributed by atoms with van der Waals surface area (Å²) in [4.78, 5) is 16.4. The molecule has 0 radical (unpaired) electrons. The van der Waals surface area contributed by atoms with Crippen LogP contribution in [0.3, 0.4) is 0 Å². The lowest BCUT2D eigenvalue weighted by atomic mass is 10.2. The van der Waals surface area contributed by atoms with Crippen molar-refractivity contribution in [3.63, 3.8) is 0 Å².